The summed E-state index contributed by atoms with van der Waals surface area (Å²) in [6.07, 6.45) is 0.232. The lowest BCUT2D eigenvalue weighted by Gasteiger charge is -2.09. The molecular formula is C14H18FIN2O2. The Morgan fingerprint density at radius 1 is 1.30 bits per heavy atom. The highest BCUT2D eigenvalue weighted by Gasteiger charge is 2.11. The van der Waals surface area contributed by atoms with E-state index >= 15 is 0 Å². The van der Waals surface area contributed by atoms with Crippen molar-refractivity contribution in [2.24, 2.45) is 5.92 Å². The first-order chi connectivity index (χ1) is 9.40. The highest BCUT2D eigenvalue weighted by molar-refractivity contribution is 14.1. The summed E-state index contributed by atoms with van der Waals surface area (Å²) in [7, 11) is 0. The molecule has 0 bridgehead atoms. The molecule has 20 heavy (non-hydrogen) atoms. The van der Waals surface area contributed by atoms with Gasteiger partial charge in [0.1, 0.15) is 5.82 Å². The number of halogens is 2. The van der Waals surface area contributed by atoms with Crippen molar-refractivity contribution in [3.8, 4) is 0 Å². The van der Waals surface area contributed by atoms with Gasteiger partial charge in [0.2, 0.25) is 5.91 Å². The second-order valence-corrected chi connectivity index (χ2v) is 5.99. The fourth-order valence-electron chi connectivity index (χ4n) is 1.46. The van der Waals surface area contributed by atoms with Gasteiger partial charge in [-0.3, -0.25) is 9.59 Å². The van der Waals surface area contributed by atoms with E-state index in [1.165, 1.54) is 18.2 Å². The predicted molar refractivity (Wildman–Crippen MR) is 83.9 cm³/mol. The van der Waals surface area contributed by atoms with Crippen molar-refractivity contribution >= 4 is 34.4 Å². The van der Waals surface area contributed by atoms with Crippen LogP contribution in [0, 0.1) is 15.3 Å². The van der Waals surface area contributed by atoms with E-state index < -0.39 is 0 Å². The van der Waals surface area contributed by atoms with E-state index in [9.17, 15) is 14.0 Å². The van der Waals surface area contributed by atoms with E-state index in [1.807, 2.05) is 36.4 Å². The third-order valence-electron chi connectivity index (χ3n) is 2.52. The smallest absolute Gasteiger partial charge is 0.252 e. The Morgan fingerprint density at radius 3 is 2.60 bits per heavy atom. The molecule has 0 atom stereocenters. The largest absolute Gasteiger partial charge is 0.356 e. The molecule has 2 amide bonds. The van der Waals surface area contributed by atoms with Crippen LogP contribution >= 0.6 is 22.6 Å². The van der Waals surface area contributed by atoms with E-state index in [0.717, 1.165) is 0 Å². The highest BCUT2D eigenvalue weighted by Crippen LogP contribution is 2.13. The molecule has 0 saturated heterocycles. The maximum atomic E-state index is 12.9. The van der Waals surface area contributed by atoms with E-state index in [2.05, 4.69) is 10.6 Å². The van der Waals surface area contributed by atoms with Gasteiger partial charge < -0.3 is 10.6 Å². The van der Waals surface area contributed by atoms with Crippen LogP contribution in [0.1, 0.15) is 30.6 Å². The fourth-order valence-corrected chi connectivity index (χ4v) is 2.19. The minimum Gasteiger partial charge on any atom is -0.356 e. The van der Waals surface area contributed by atoms with Crippen molar-refractivity contribution in [2.75, 3.05) is 13.1 Å². The third kappa shape index (κ3) is 5.85. The molecule has 0 aromatic heterocycles. The molecule has 0 spiro atoms. The topological polar surface area (TPSA) is 58.2 Å². The van der Waals surface area contributed by atoms with E-state index in [1.54, 1.807) is 0 Å². The van der Waals surface area contributed by atoms with Crippen molar-refractivity contribution in [1.82, 2.24) is 10.6 Å². The minimum absolute atomic E-state index is 0.0900. The molecule has 6 heteroatoms. The van der Waals surface area contributed by atoms with Gasteiger partial charge in [-0.15, -0.1) is 0 Å². The minimum atomic E-state index is -0.376. The Bertz CT molecular complexity index is 492. The molecular weight excluding hydrogens is 374 g/mol. The average molecular weight is 392 g/mol. The molecule has 0 radical (unpaired) electrons. The third-order valence-corrected chi connectivity index (χ3v) is 3.41. The summed E-state index contributed by atoms with van der Waals surface area (Å²) in [6.45, 7) is 4.91. The fraction of sp³-hybridized carbons (Fsp3) is 0.429. The van der Waals surface area contributed by atoms with Gasteiger partial charge in [-0.25, -0.2) is 4.39 Å². The summed E-state index contributed by atoms with van der Waals surface area (Å²) in [6, 6.07) is 3.97. The monoisotopic (exact) mass is 392 g/mol. The van der Waals surface area contributed by atoms with Gasteiger partial charge in [-0.2, -0.15) is 0 Å². The van der Waals surface area contributed by atoms with E-state index in [0.29, 0.717) is 21.6 Å². The maximum Gasteiger partial charge on any atom is 0.252 e. The van der Waals surface area contributed by atoms with Crippen LogP contribution in [-0.4, -0.2) is 24.9 Å². The van der Waals surface area contributed by atoms with Crippen LogP contribution in [0.15, 0.2) is 18.2 Å². The van der Waals surface area contributed by atoms with Crippen molar-refractivity contribution in [1.29, 1.82) is 0 Å². The number of hydrogen-bond donors (Lipinski definition) is 2. The first kappa shape index (κ1) is 16.9. The molecule has 0 aliphatic heterocycles. The Hall–Kier alpha value is -1.18. The van der Waals surface area contributed by atoms with E-state index in [-0.39, 0.29) is 30.6 Å². The van der Waals surface area contributed by atoms with Crippen LogP contribution in [-0.2, 0) is 4.79 Å². The Morgan fingerprint density at radius 2 is 2.00 bits per heavy atom. The van der Waals surface area contributed by atoms with Crippen molar-refractivity contribution in [2.45, 2.75) is 20.3 Å². The van der Waals surface area contributed by atoms with Crippen LogP contribution in [0.4, 0.5) is 4.39 Å². The number of hydrogen-bond acceptors (Lipinski definition) is 2. The molecule has 1 aromatic carbocycles. The maximum absolute atomic E-state index is 12.9. The van der Waals surface area contributed by atoms with Crippen LogP contribution in [0.3, 0.4) is 0 Å². The second-order valence-electron chi connectivity index (χ2n) is 4.83. The van der Waals surface area contributed by atoms with Crippen LogP contribution in [0.25, 0.3) is 0 Å². The first-order valence-electron chi connectivity index (χ1n) is 6.40. The molecule has 4 nitrogen and oxygen atoms in total. The second kappa shape index (κ2) is 8.18. The van der Waals surface area contributed by atoms with Crippen molar-refractivity contribution in [3.05, 3.63) is 33.1 Å². The van der Waals surface area contributed by atoms with Crippen molar-refractivity contribution in [3.63, 3.8) is 0 Å². The first-order valence-corrected chi connectivity index (χ1v) is 7.48. The summed E-state index contributed by atoms with van der Waals surface area (Å²) in [4.78, 5) is 23.3. The van der Waals surface area contributed by atoms with Crippen LogP contribution < -0.4 is 10.6 Å². The zero-order valence-corrected chi connectivity index (χ0v) is 13.7. The Kier molecular flexibility index (Phi) is 6.90. The SMILES string of the molecule is CC(C)CNC(=O)CCNC(=O)c1ccc(F)cc1I. The van der Waals surface area contributed by atoms with Crippen LogP contribution in [0.2, 0.25) is 0 Å². The predicted octanol–water partition coefficient (Wildman–Crippen LogP) is 2.32. The summed E-state index contributed by atoms with van der Waals surface area (Å²) in [5.74, 6) is -0.368. The number of carbonyl (C=O) groups is 2. The number of benzene rings is 1. The lowest BCUT2D eigenvalue weighted by atomic mass is 10.2. The number of nitrogens with one attached hydrogen (secondary N) is 2. The molecule has 1 rings (SSSR count). The molecule has 110 valence electrons. The van der Waals surface area contributed by atoms with Gasteiger partial charge in [0, 0.05) is 23.1 Å². The van der Waals surface area contributed by atoms with Gasteiger partial charge >= 0.3 is 0 Å². The quantitative estimate of drug-likeness (QED) is 0.731. The van der Waals surface area contributed by atoms with Crippen LogP contribution in [0.5, 0.6) is 0 Å². The Labute approximate surface area is 131 Å². The highest BCUT2D eigenvalue weighted by atomic mass is 127. The molecule has 0 aliphatic rings. The standard InChI is InChI=1S/C14H18FIN2O2/c1-9(2)8-18-13(19)5-6-17-14(20)11-4-3-10(15)7-12(11)16/h3-4,7,9H,5-6,8H2,1-2H3,(H,17,20)(H,18,19). The van der Waals surface area contributed by atoms with Gasteiger partial charge in [-0.05, 0) is 46.7 Å². The molecule has 0 aliphatic carbocycles. The average Bonchev–Trinajstić information content (AvgIpc) is 2.36. The summed E-state index contributed by atoms with van der Waals surface area (Å²) in [5, 5.41) is 5.42. The zero-order valence-electron chi connectivity index (χ0n) is 11.5. The number of amides is 2. The molecule has 0 heterocycles. The van der Waals surface area contributed by atoms with Crippen molar-refractivity contribution < 1.29 is 14.0 Å². The Balaban J connectivity index is 2.38. The summed E-state index contributed by atoms with van der Waals surface area (Å²) >= 11 is 1.91. The van der Waals surface area contributed by atoms with Gasteiger partial charge in [0.05, 0.1) is 5.56 Å². The van der Waals surface area contributed by atoms with Gasteiger partial charge in [-0.1, -0.05) is 13.8 Å². The normalized spacial score (nSPS) is 10.4. The van der Waals surface area contributed by atoms with E-state index in [4.69, 9.17) is 0 Å². The molecule has 0 fully saturated rings. The molecule has 1 aromatic rings. The van der Waals surface area contributed by atoms with Gasteiger partial charge in [0.25, 0.3) is 5.91 Å². The lowest BCUT2D eigenvalue weighted by molar-refractivity contribution is -0.121. The molecule has 2 N–H and O–H groups in total. The lowest BCUT2D eigenvalue weighted by Crippen LogP contribution is -2.32. The number of rotatable bonds is 6. The molecule has 0 unspecified atom stereocenters. The summed E-state index contributed by atoms with van der Waals surface area (Å²) in [5.41, 5.74) is 0.412. The zero-order chi connectivity index (χ0) is 15.1. The van der Waals surface area contributed by atoms with Gasteiger partial charge in [0.15, 0.2) is 0 Å². The summed E-state index contributed by atoms with van der Waals surface area (Å²) < 4.78 is 13.5. The number of carbonyl (C=O) groups excluding carboxylic acids is 2. The molecule has 0 saturated carbocycles.